The third kappa shape index (κ3) is 4.80. The number of fused-ring (bicyclic) bond motifs is 2. The molecule has 1 N–H and O–H groups in total. The lowest BCUT2D eigenvalue weighted by Crippen LogP contribution is -2.36. The van der Waals surface area contributed by atoms with Crippen molar-refractivity contribution >= 4 is 28.9 Å². The first kappa shape index (κ1) is 22.3. The van der Waals surface area contributed by atoms with E-state index in [4.69, 9.17) is 9.15 Å². The predicted octanol–water partition coefficient (Wildman–Crippen LogP) is 4.11. The number of aromatic nitrogens is 2. The molecule has 3 aromatic heterocycles. The monoisotopic (exact) mass is 454 g/mol. The Kier molecular flexibility index (Phi) is 7.09. The van der Waals surface area contributed by atoms with Gasteiger partial charge in [0.15, 0.2) is 5.76 Å². The van der Waals surface area contributed by atoms with Gasteiger partial charge in [-0.3, -0.25) is 4.90 Å². The van der Waals surface area contributed by atoms with Crippen LogP contribution in [0.3, 0.4) is 0 Å². The van der Waals surface area contributed by atoms with Gasteiger partial charge in [0.2, 0.25) is 0 Å². The highest BCUT2D eigenvalue weighted by Gasteiger charge is 2.11. The normalized spacial score (nSPS) is 15.3. The van der Waals surface area contributed by atoms with E-state index >= 15 is 0 Å². The minimum atomic E-state index is 0. The molecule has 0 radical (unpaired) electrons. The van der Waals surface area contributed by atoms with Gasteiger partial charge in [-0.25, -0.2) is 4.98 Å². The molecule has 1 saturated heterocycles. The summed E-state index contributed by atoms with van der Waals surface area (Å²) in [5, 5.41) is 14.5. The topological polar surface area (TPSA) is 75.5 Å². The first-order chi connectivity index (χ1) is 15.3. The van der Waals surface area contributed by atoms with Gasteiger partial charge in [0.05, 0.1) is 19.5 Å². The first-order valence-electron chi connectivity index (χ1n) is 10.8. The molecule has 1 aliphatic rings. The van der Waals surface area contributed by atoms with Crippen LogP contribution >= 0.6 is 12.4 Å². The van der Waals surface area contributed by atoms with Gasteiger partial charge < -0.3 is 18.8 Å². The third-order valence-electron chi connectivity index (χ3n) is 5.88. The maximum atomic E-state index is 9.64. The van der Waals surface area contributed by atoms with E-state index in [0.29, 0.717) is 22.4 Å². The molecule has 1 aromatic carbocycles. The SMILES string of the molecule is Cl.O/N=c1/cc(-c2cc3cccn3cn2)oc2ccc(CCCCN3CCOCC3)cc12. The zero-order chi connectivity index (χ0) is 21.0. The smallest absolute Gasteiger partial charge is 0.155 e. The maximum absolute atomic E-state index is 9.64. The van der Waals surface area contributed by atoms with Crippen molar-refractivity contribution in [1.82, 2.24) is 14.3 Å². The van der Waals surface area contributed by atoms with Gasteiger partial charge in [0, 0.05) is 36.3 Å². The Balaban J connectivity index is 0.00000245. The highest BCUT2D eigenvalue weighted by atomic mass is 35.5. The van der Waals surface area contributed by atoms with Gasteiger partial charge in [-0.2, -0.15) is 0 Å². The molecule has 5 rings (SSSR count). The molecule has 0 spiro atoms. The van der Waals surface area contributed by atoms with Crippen LogP contribution in [0.15, 0.2) is 64.6 Å². The van der Waals surface area contributed by atoms with Gasteiger partial charge >= 0.3 is 0 Å². The molecule has 32 heavy (non-hydrogen) atoms. The van der Waals surface area contributed by atoms with Crippen molar-refractivity contribution in [3.05, 3.63) is 65.9 Å². The Labute approximate surface area is 192 Å². The summed E-state index contributed by atoms with van der Waals surface area (Å²) < 4.78 is 13.5. The van der Waals surface area contributed by atoms with Crippen LogP contribution in [0.4, 0.5) is 0 Å². The van der Waals surface area contributed by atoms with Gasteiger partial charge in [-0.05, 0) is 61.7 Å². The van der Waals surface area contributed by atoms with E-state index < -0.39 is 0 Å². The number of ether oxygens (including phenoxy) is 1. The van der Waals surface area contributed by atoms with Crippen LogP contribution in [0.2, 0.25) is 0 Å². The van der Waals surface area contributed by atoms with E-state index in [2.05, 4.69) is 27.2 Å². The molecule has 1 fully saturated rings. The van der Waals surface area contributed by atoms with Gasteiger partial charge in [-0.1, -0.05) is 11.2 Å². The molecule has 1 aliphatic heterocycles. The minimum Gasteiger partial charge on any atom is -0.454 e. The molecular weight excluding hydrogens is 428 g/mol. The Bertz CT molecular complexity index is 1260. The number of halogens is 1. The summed E-state index contributed by atoms with van der Waals surface area (Å²) in [5.74, 6) is 0.572. The van der Waals surface area contributed by atoms with Crippen LogP contribution in [0.5, 0.6) is 0 Å². The van der Waals surface area contributed by atoms with Crippen molar-refractivity contribution in [3.8, 4) is 11.5 Å². The van der Waals surface area contributed by atoms with Crippen molar-refractivity contribution < 1.29 is 14.4 Å². The average molecular weight is 455 g/mol. The molecule has 0 atom stereocenters. The quantitative estimate of drug-likeness (QED) is 0.269. The molecule has 0 unspecified atom stereocenters. The van der Waals surface area contributed by atoms with Crippen LogP contribution in [-0.4, -0.2) is 52.3 Å². The van der Waals surface area contributed by atoms with Crippen LogP contribution in [0.25, 0.3) is 27.9 Å². The lowest BCUT2D eigenvalue weighted by Gasteiger charge is -2.26. The van der Waals surface area contributed by atoms with Gasteiger partial charge in [0.25, 0.3) is 0 Å². The number of morpholine rings is 1. The van der Waals surface area contributed by atoms with Crippen LogP contribution in [0, 0.1) is 0 Å². The summed E-state index contributed by atoms with van der Waals surface area (Å²) in [6.45, 7) is 4.88. The molecular formula is C24H27ClN4O3. The molecule has 168 valence electrons. The maximum Gasteiger partial charge on any atom is 0.155 e. The van der Waals surface area contributed by atoms with Crippen molar-refractivity contribution in [1.29, 1.82) is 0 Å². The van der Waals surface area contributed by atoms with E-state index in [1.54, 1.807) is 12.4 Å². The zero-order valence-electron chi connectivity index (χ0n) is 17.8. The molecule has 0 saturated carbocycles. The fourth-order valence-corrected chi connectivity index (χ4v) is 4.14. The molecule has 0 amide bonds. The van der Waals surface area contributed by atoms with Gasteiger partial charge in [-0.15, -0.1) is 12.4 Å². The molecule has 4 aromatic rings. The standard InChI is InChI=1S/C24H26N4O3.ClH/c29-26-21-16-24(22-15-19-5-3-9-28(19)17-25-22)31-23-7-6-18(14-20(21)23)4-1-2-8-27-10-12-30-13-11-27;/h3,5-7,9,14-17,29H,1-2,4,8,10-13H2;1H/b26-21-;. The van der Waals surface area contributed by atoms with E-state index in [1.165, 1.54) is 5.56 Å². The van der Waals surface area contributed by atoms with E-state index in [-0.39, 0.29) is 12.4 Å². The van der Waals surface area contributed by atoms with Crippen LogP contribution in [-0.2, 0) is 11.2 Å². The van der Waals surface area contributed by atoms with E-state index in [9.17, 15) is 5.21 Å². The fourth-order valence-electron chi connectivity index (χ4n) is 4.14. The summed E-state index contributed by atoms with van der Waals surface area (Å²) in [6, 6.07) is 13.8. The number of hydrogen-bond acceptors (Lipinski definition) is 6. The Morgan fingerprint density at radius 1 is 1.06 bits per heavy atom. The van der Waals surface area contributed by atoms with Crippen LogP contribution in [0.1, 0.15) is 18.4 Å². The van der Waals surface area contributed by atoms with Crippen molar-refractivity contribution in [2.24, 2.45) is 5.16 Å². The summed E-state index contributed by atoms with van der Waals surface area (Å²) in [6.07, 6.45) is 6.96. The highest BCUT2D eigenvalue weighted by Crippen LogP contribution is 2.23. The van der Waals surface area contributed by atoms with E-state index in [0.717, 1.165) is 63.0 Å². The Morgan fingerprint density at radius 2 is 1.94 bits per heavy atom. The lowest BCUT2D eigenvalue weighted by atomic mass is 10.0. The Hall–Kier alpha value is -2.87. The summed E-state index contributed by atoms with van der Waals surface area (Å²) >= 11 is 0. The van der Waals surface area contributed by atoms with E-state index in [1.807, 2.05) is 34.9 Å². The summed E-state index contributed by atoms with van der Waals surface area (Å²) in [5.41, 5.74) is 3.62. The second-order valence-electron chi connectivity index (χ2n) is 7.95. The molecule has 4 heterocycles. The number of nitrogens with zero attached hydrogens (tertiary/aromatic N) is 4. The molecule has 0 bridgehead atoms. The number of aryl methyl sites for hydroxylation is 1. The largest absolute Gasteiger partial charge is 0.454 e. The highest BCUT2D eigenvalue weighted by molar-refractivity contribution is 5.85. The number of unbranched alkanes of at least 4 members (excludes halogenated alkanes) is 1. The zero-order valence-corrected chi connectivity index (χ0v) is 18.6. The predicted molar refractivity (Wildman–Crippen MR) is 125 cm³/mol. The summed E-state index contributed by atoms with van der Waals surface area (Å²) in [4.78, 5) is 6.94. The molecule has 7 nitrogen and oxygen atoms in total. The van der Waals surface area contributed by atoms with Crippen molar-refractivity contribution in [2.75, 3.05) is 32.8 Å². The fraction of sp³-hybridized carbons (Fsp3) is 0.333. The second-order valence-corrected chi connectivity index (χ2v) is 7.95. The average Bonchev–Trinajstić information content (AvgIpc) is 3.30. The lowest BCUT2D eigenvalue weighted by molar-refractivity contribution is 0.0372. The summed E-state index contributed by atoms with van der Waals surface area (Å²) in [7, 11) is 0. The third-order valence-corrected chi connectivity index (χ3v) is 5.88. The van der Waals surface area contributed by atoms with Crippen molar-refractivity contribution in [3.63, 3.8) is 0 Å². The second kappa shape index (κ2) is 10.2. The molecule has 8 heteroatoms. The van der Waals surface area contributed by atoms with Crippen LogP contribution < -0.4 is 5.36 Å². The minimum absolute atomic E-state index is 0. The molecule has 0 aliphatic carbocycles. The Morgan fingerprint density at radius 3 is 2.78 bits per heavy atom. The van der Waals surface area contributed by atoms with Gasteiger partial charge in [0.1, 0.15) is 16.6 Å². The number of benzene rings is 1. The van der Waals surface area contributed by atoms with Crippen molar-refractivity contribution in [2.45, 2.75) is 19.3 Å². The number of rotatable bonds is 6. The number of hydrogen-bond donors (Lipinski definition) is 1. The first-order valence-corrected chi connectivity index (χ1v) is 10.8.